The molecule has 0 amide bonds. The molecule has 2 aromatic rings. The average Bonchev–Trinajstić information content (AvgIpc) is 2.76. The highest BCUT2D eigenvalue weighted by Crippen LogP contribution is 2.21. The summed E-state index contributed by atoms with van der Waals surface area (Å²) in [6, 6.07) is 5.73. The van der Waals surface area contributed by atoms with E-state index in [0.29, 0.717) is 6.42 Å². The number of aryl methyl sites for hydroxylation is 2. The number of nitrogens with zero attached hydrogens (tertiary/aromatic N) is 2. The van der Waals surface area contributed by atoms with Gasteiger partial charge in [-0.3, -0.25) is 9.48 Å². The van der Waals surface area contributed by atoms with Crippen molar-refractivity contribution < 1.29 is 4.79 Å². The van der Waals surface area contributed by atoms with Gasteiger partial charge in [0.25, 0.3) is 0 Å². The van der Waals surface area contributed by atoms with Crippen LogP contribution >= 0.6 is 15.9 Å². The zero-order valence-electron chi connectivity index (χ0n) is 10.5. The van der Waals surface area contributed by atoms with Gasteiger partial charge in [0.15, 0.2) is 5.78 Å². The Bertz CT molecular complexity index is 575. The summed E-state index contributed by atoms with van der Waals surface area (Å²) in [6.45, 7) is 1.96. The lowest BCUT2D eigenvalue weighted by Gasteiger charge is -2.06. The number of hydrogen-bond donors (Lipinski definition) is 0. The van der Waals surface area contributed by atoms with Gasteiger partial charge in [-0.05, 0) is 30.5 Å². The lowest BCUT2D eigenvalue weighted by Crippen LogP contribution is -2.03. The number of Topliss-reactive ketones (excluding diaryl/α,β-unsaturated/α-hetero) is 1. The second-order valence-electron chi connectivity index (χ2n) is 4.36. The van der Waals surface area contributed by atoms with E-state index < -0.39 is 0 Å². The lowest BCUT2D eigenvalue weighted by molar-refractivity contribution is 0.0982. The van der Waals surface area contributed by atoms with E-state index in [0.717, 1.165) is 27.6 Å². The molecule has 0 spiro atoms. The van der Waals surface area contributed by atoms with Crippen LogP contribution in [0.2, 0.25) is 0 Å². The van der Waals surface area contributed by atoms with Crippen LogP contribution in [0.15, 0.2) is 35.1 Å². The summed E-state index contributed by atoms with van der Waals surface area (Å²) in [5, 5.41) is 4.10. The van der Waals surface area contributed by atoms with Gasteiger partial charge in [-0.25, -0.2) is 0 Å². The Morgan fingerprint density at radius 1 is 1.44 bits per heavy atom. The third-order valence-electron chi connectivity index (χ3n) is 2.97. The second kappa shape index (κ2) is 5.48. The Hall–Kier alpha value is -1.42. The van der Waals surface area contributed by atoms with Gasteiger partial charge in [-0.15, -0.1) is 0 Å². The van der Waals surface area contributed by atoms with Gasteiger partial charge >= 0.3 is 0 Å². The first-order valence-electron chi connectivity index (χ1n) is 5.84. The SMILES string of the molecule is Cc1c(Br)cccc1C(=O)CCc1cnn(C)c1. The predicted octanol–water partition coefficient (Wildman–Crippen LogP) is 3.31. The summed E-state index contributed by atoms with van der Waals surface area (Å²) >= 11 is 3.45. The Balaban J connectivity index is 2.06. The van der Waals surface area contributed by atoms with E-state index >= 15 is 0 Å². The van der Waals surface area contributed by atoms with Crippen LogP contribution in [-0.2, 0) is 13.5 Å². The molecule has 1 aromatic carbocycles. The Morgan fingerprint density at radius 3 is 2.89 bits per heavy atom. The van der Waals surface area contributed by atoms with Gasteiger partial charge in [0.05, 0.1) is 6.20 Å². The maximum absolute atomic E-state index is 12.1. The minimum absolute atomic E-state index is 0.178. The Kier molecular flexibility index (Phi) is 3.97. The fraction of sp³-hybridized carbons (Fsp3) is 0.286. The van der Waals surface area contributed by atoms with E-state index in [-0.39, 0.29) is 5.78 Å². The average molecular weight is 307 g/mol. The number of benzene rings is 1. The van der Waals surface area contributed by atoms with Gasteiger partial charge in [0.1, 0.15) is 0 Å². The van der Waals surface area contributed by atoms with Crippen molar-refractivity contribution in [3.05, 3.63) is 51.8 Å². The third kappa shape index (κ3) is 2.88. The zero-order valence-corrected chi connectivity index (χ0v) is 12.1. The maximum Gasteiger partial charge on any atom is 0.163 e. The number of carbonyl (C=O) groups excluding carboxylic acids is 1. The van der Waals surface area contributed by atoms with Gasteiger partial charge in [0, 0.05) is 29.7 Å². The van der Waals surface area contributed by atoms with Crippen LogP contribution in [0.3, 0.4) is 0 Å². The monoisotopic (exact) mass is 306 g/mol. The molecule has 0 aliphatic heterocycles. The molecule has 2 rings (SSSR count). The van der Waals surface area contributed by atoms with E-state index in [9.17, 15) is 4.79 Å². The molecule has 0 fully saturated rings. The second-order valence-corrected chi connectivity index (χ2v) is 5.21. The van der Waals surface area contributed by atoms with Crippen LogP contribution in [0.5, 0.6) is 0 Å². The van der Waals surface area contributed by atoms with E-state index in [4.69, 9.17) is 0 Å². The van der Waals surface area contributed by atoms with Gasteiger partial charge < -0.3 is 0 Å². The maximum atomic E-state index is 12.1. The normalized spacial score (nSPS) is 10.6. The fourth-order valence-electron chi connectivity index (χ4n) is 1.90. The minimum atomic E-state index is 0.178. The van der Waals surface area contributed by atoms with E-state index in [1.807, 2.05) is 38.4 Å². The van der Waals surface area contributed by atoms with Crippen molar-refractivity contribution in [2.75, 3.05) is 0 Å². The molecule has 0 aliphatic carbocycles. The molecule has 18 heavy (non-hydrogen) atoms. The number of carbonyl (C=O) groups is 1. The van der Waals surface area contributed by atoms with Crippen LogP contribution in [-0.4, -0.2) is 15.6 Å². The van der Waals surface area contributed by atoms with Crippen LogP contribution in [0, 0.1) is 6.92 Å². The molecule has 3 nitrogen and oxygen atoms in total. The largest absolute Gasteiger partial charge is 0.294 e. The smallest absolute Gasteiger partial charge is 0.163 e. The van der Waals surface area contributed by atoms with Crippen LogP contribution < -0.4 is 0 Å². The summed E-state index contributed by atoms with van der Waals surface area (Å²) < 4.78 is 2.74. The summed E-state index contributed by atoms with van der Waals surface area (Å²) in [4.78, 5) is 12.1. The highest BCUT2D eigenvalue weighted by Gasteiger charge is 2.11. The predicted molar refractivity (Wildman–Crippen MR) is 74.7 cm³/mol. The molecule has 0 aliphatic rings. The number of aromatic nitrogens is 2. The molecule has 0 radical (unpaired) electrons. The summed E-state index contributed by atoms with van der Waals surface area (Å²) in [6.07, 6.45) is 5.00. The quantitative estimate of drug-likeness (QED) is 0.812. The van der Waals surface area contributed by atoms with E-state index in [2.05, 4.69) is 21.0 Å². The van der Waals surface area contributed by atoms with Crippen LogP contribution in [0.1, 0.15) is 27.9 Å². The van der Waals surface area contributed by atoms with Gasteiger partial charge in [0.2, 0.25) is 0 Å². The number of rotatable bonds is 4. The van der Waals surface area contributed by atoms with Crippen LogP contribution in [0.4, 0.5) is 0 Å². The standard InChI is InChI=1S/C14H15BrN2O/c1-10-12(4-3-5-13(10)15)14(18)7-6-11-8-16-17(2)9-11/h3-5,8-9H,6-7H2,1-2H3. The molecule has 0 N–H and O–H groups in total. The highest BCUT2D eigenvalue weighted by molar-refractivity contribution is 9.10. The van der Waals surface area contributed by atoms with Crippen molar-refractivity contribution in [3.63, 3.8) is 0 Å². The lowest BCUT2D eigenvalue weighted by atomic mass is 10.0. The highest BCUT2D eigenvalue weighted by atomic mass is 79.9. The topological polar surface area (TPSA) is 34.9 Å². The number of ketones is 1. The molecule has 1 heterocycles. The third-order valence-corrected chi connectivity index (χ3v) is 3.83. The Labute approximate surface area is 115 Å². The molecule has 0 atom stereocenters. The fourth-order valence-corrected chi connectivity index (χ4v) is 2.27. The van der Waals surface area contributed by atoms with Gasteiger partial charge in [-0.1, -0.05) is 28.1 Å². The molecule has 1 aromatic heterocycles. The minimum Gasteiger partial charge on any atom is -0.294 e. The van der Waals surface area contributed by atoms with Gasteiger partial charge in [-0.2, -0.15) is 5.10 Å². The van der Waals surface area contributed by atoms with Crippen LogP contribution in [0.25, 0.3) is 0 Å². The summed E-state index contributed by atoms with van der Waals surface area (Å²) in [5.74, 6) is 0.178. The molecule has 0 bridgehead atoms. The first kappa shape index (κ1) is 13.0. The molecule has 0 saturated heterocycles. The van der Waals surface area contributed by atoms with Crippen molar-refractivity contribution in [3.8, 4) is 0 Å². The molecular formula is C14H15BrN2O. The summed E-state index contributed by atoms with van der Waals surface area (Å²) in [5.41, 5.74) is 2.90. The van der Waals surface area contributed by atoms with Crippen molar-refractivity contribution in [2.45, 2.75) is 19.8 Å². The first-order chi connectivity index (χ1) is 8.58. The van der Waals surface area contributed by atoms with Crippen molar-refractivity contribution in [2.24, 2.45) is 7.05 Å². The molecule has 0 unspecified atom stereocenters. The van der Waals surface area contributed by atoms with Crippen molar-refractivity contribution >= 4 is 21.7 Å². The number of halogens is 1. The van der Waals surface area contributed by atoms with Crippen molar-refractivity contribution in [1.82, 2.24) is 9.78 Å². The summed E-state index contributed by atoms with van der Waals surface area (Å²) in [7, 11) is 1.88. The molecule has 4 heteroatoms. The van der Waals surface area contributed by atoms with Crippen molar-refractivity contribution in [1.29, 1.82) is 0 Å². The molecular weight excluding hydrogens is 292 g/mol. The van der Waals surface area contributed by atoms with E-state index in [1.165, 1.54) is 0 Å². The number of hydrogen-bond acceptors (Lipinski definition) is 2. The first-order valence-corrected chi connectivity index (χ1v) is 6.63. The molecule has 94 valence electrons. The van der Waals surface area contributed by atoms with E-state index in [1.54, 1.807) is 10.9 Å². The Morgan fingerprint density at radius 2 is 2.22 bits per heavy atom. The zero-order chi connectivity index (χ0) is 13.1. The molecule has 0 saturated carbocycles.